The maximum absolute atomic E-state index is 11.0. The van der Waals surface area contributed by atoms with E-state index in [2.05, 4.69) is 5.32 Å². The van der Waals surface area contributed by atoms with Crippen LogP contribution >= 0.6 is 0 Å². The Balaban J connectivity index is 2.78. The van der Waals surface area contributed by atoms with Crippen LogP contribution in [0.3, 0.4) is 0 Å². The van der Waals surface area contributed by atoms with Crippen LogP contribution in [-0.2, 0) is 17.3 Å². The summed E-state index contributed by atoms with van der Waals surface area (Å²) in [6, 6.07) is 7.80. The second-order valence-electron chi connectivity index (χ2n) is 2.63. The summed E-state index contributed by atoms with van der Waals surface area (Å²) in [7, 11) is 1.05. The highest BCUT2D eigenvalue weighted by molar-refractivity contribution is 7.84. The van der Waals surface area contributed by atoms with E-state index in [0.29, 0.717) is 0 Å². The summed E-state index contributed by atoms with van der Waals surface area (Å²) in [5.41, 5.74) is 1.21. The summed E-state index contributed by atoms with van der Waals surface area (Å²) in [5.74, 6) is 0. The van der Waals surface area contributed by atoms with Crippen molar-refractivity contribution in [3.63, 3.8) is 0 Å². The molecular weight excluding hydrogens is 170 g/mol. The molecule has 1 aromatic rings. The van der Waals surface area contributed by atoms with Crippen LogP contribution in [0.2, 0.25) is 0 Å². The molecule has 1 N–H and O–H groups in total. The lowest BCUT2D eigenvalue weighted by atomic mass is 10.2. The maximum atomic E-state index is 11.0. The largest absolute Gasteiger partial charge is 0.316 e. The van der Waals surface area contributed by atoms with Gasteiger partial charge in [-0.15, -0.1) is 0 Å². The van der Waals surface area contributed by atoms with E-state index >= 15 is 0 Å². The Morgan fingerprint density at radius 3 is 2.33 bits per heavy atom. The van der Waals surface area contributed by atoms with Gasteiger partial charge in [-0.2, -0.15) is 0 Å². The standard InChI is InChI=1S/C9H13NOS/c1-10-7-8-3-5-9(6-4-8)12(2)11/h3-6,10H,7H2,1-2H3/t12-/m0/s1. The summed E-state index contributed by atoms with van der Waals surface area (Å²) >= 11 is 0. The molecule has 0 unspecified atom stereocenters. The number of benzene rings is 1. The SMILES string of the molecule is CNCc1ccc([S@](C)=O)cc1. The van der Waals surface area contributed by atoms with E-state index in [1.165, 1.54) is 5.56 Å². The van der Waals surface area contributed by atoms with Gasteiger partial charge < -0.3 is 5.32 Å². The van der Waals surface area contributed by atoms with E-state index in [1.54, 1.807) is 6.26 Å². The molecule has 0 amide bonds. The Morgan fingerprint density at radius 2 is 1.92 bits per heavy atom. The molecule has 66 valence electrons. The predicted molar refractivity (Wildman–Crippen MR) is 51.5 cm³/mol. The smallest absolute Gasteiger partial charge is 0.0498 e. The Hall–Kier alpha value is -0.670. The monoisotopic (exact) mass is 183 g/mol. The summed E-state index contributed by atoms with van der Waals surface area (Å²) in [4.78, 5) is 0.884. The molecule has 0 spiro atoms. The minimum absolute atomic E-state index is 0.858. The van der Waals surface area contributed by atoms with Crippen LogP contribution in [0.4, 0.5) is 0 Å². The normalized spacial score (nSPS) is 12.8. The van der Waals surface area contributed by atoms with Crippen LogP contribution in [0.1, 0.15) is 5.56 Å². The molecule has 0 radical (unpaired) electrons. The third-order valence-corrected chi connectivity index (χ3v) is 2.57. The summed E-state index contributed by atoms with van der Waals surface area (Å²) in [5, 5.41) is 3.06. The maximum Gasteiger partial charge on any atom is 0.0498 e. The third kappa shape index (κ3) is 2.43. The van der Waals surface area contributed by atoms with Gasteiger partial charge in [0.25, 0.3) is 0 Å². The van der Waals surface area contributed by atoms with Gasteiger partial charge >= 0.3 is 0 Å². The third-order valence-electron chi connectivity index (χ3n) is 1.64. The molecule has 1 rings (SSSR count). The van der Waals surface area contributed by atoms with Gasteiger partial charge in [-0.05, 0) is 24.7 Å². The molecule has 1 aromatic carbocycles. The van der Waals surface area contributed by atoms with Crippen LogP contribution in [0.5, 0.6) is 0 Å². The van der Waals surface area contributed by atoms with Crippen molar-refractivity contribution in [2.24, 2.45) is 0 Å². The van der Waals surface area contributed by atoms with E-state index in [4.69, 9.17) is 0 Å². The lowest BCUT2D eigenvalue weighted by Crippen LogP contribution is -2.04. The zero-order valence-electron chi connectivity index (χ0n) is 7.33. The lowest BCUT2D eigenvalue weighted by molar-refractivity contribution is 0.686. The highest BCUT2D eigenvalue weighted by Crippen LogP contribution is 2.06. The van der Waals surface area contributed by atoms with E-state index in [0.717, 1.165) is 11.4 Å². The van der Waals surface area contributed by atoms with Gasteiger partial charge in [-0.25, -0.2) is 0 Å². The second kappa shape index (κ2) is 4.38. The Labute approximate surface area is 75.5 Å². The number of nitrogens with one attached hydrogen (secondary N) is 1. The second-order valence-corrected chi connectivity index (χ2v) is 4.01. The van der Waals surface area contributed by atoms with Gasteiger partial charge in [0.2, 0.25) is 0 Å². The van der Waals surface area contributed by atoms with Crippen molar-refractivity contribution in [2.45, 2.75) is 11.4 Å². The molecule has 0 saturated carbocycles. The molecule has 0 aliphatic rings. The first kappa shape index (κ1) is 9.42. The van der Waals surface area contributed by atoms with Gasteiger partial charge in [-0.3, -0.25) is 4.21 Å². The fourth-order valence-electron chi connectivity index (χ4n) is 1.00. The van der Waals surface area contributed by atoms with E-state index < -0.39 is 10.8 Å². The average molecular weight is 183 g/mol. The molecule has 0 aliphatic heterocycles. The Bertz CT molecular complexity index is 268. The van der Waals surface area contributed by atoms with Crippen molar-refractivity contribution in [1.82, 2.24) is 5.32 Å². The number of hydrogen-bond donors (Lipinski definition) is 1. The van der Waals surface area contributed by atoms with Crippen LogP contribution in [0.25, 0.3) is 0 Å². The fraction of sp³-hybridized carbons (Fsp3) is 0.333. The van der Waals surface area contributed by atoms with Gasteiger partial charge in [0.15, 0.2) is 0 Å². The molecular formula is C9H13NOS. The molecule has 0 aliphatic carbocycles. The van der Waals surface area contributed by atoms with E-state index in [1.807, 2.05) is 31.3 Å². The topological polar surface area (TPSA) is 29.1 Å². The Morgan fingerprint density at radius 1 is 1.33 bits per heavy atom. The van der Waals surface area contributed by atoms with Crippen LogP contribution in [-0.4, -0.2) is 17.5 Å². The van der Waals surface area contributed by atoms with Gasteiger partial charge in [-0.1, -0.05) is 12.1 Å². The highest BCUT2D eigenvalue weighted by Gasteiger charge is 1.95. The van der Waals surface area contributed by atoms with Crippen molar-refractivity contribution >= 4 is 10.8 Å². The first-order valence-corrected chi connectivity index (χ1v) is 5.37. The van der Waals surface area contributed by atoms with Gasteiger partial charge in [0, 0.05) is 28.5 Å². The fourth-order valence-corrected chi connectivity index (χ4v) is 1.52. The molecule has 0 fully saturated rings. The predicted octanol–water partition coefficient (Wildman–Crippen LogP) is 1.14. The van der Waals surface area contributed by atoms with E-state index in [-0.39, 0.29) is 0 Å². The van der Waals surface area contributed by atoms with Crippen molar-refractivity contribution in [3.05, 3.63) is 29.8 Å². The molecule has 2 nitrogen and oxygen atoms in total. The quantitative estimate of drug-likeness (QED) is 0.761. The number of rotatable bonds is 3. The van der Waals surface area contributed by atoms with Crippen molar-refractivity contribution in [3.8, 4) is 0 Å². The molecule has 3 heteroatoms. The summed E-state index contributed by atoms with van der Waals surface area (Å²) < 4.78 is 11.0. The molecule has 1 atom stereocenters. The van der Waals surface area contributed by atoms with Crippen LogP contribution < -0.4 is 5.32 Å². The zero-order valence-corrected chi connectivity index (χ0v) is 8.15. The first-order chi connectivity index (χ1) is 5.74. The highest BCUT2D eigenvalue weighted by atomic mass is 32.2. The van der Waals surface area contributed by atoms with Crippen LogP contribution in [0.15, 0.2) is 29.2 Å². The Kier molecular flexibility index (Phi) is 3.44. The zero-order chi connectivity index (χ0) is 8.97. The molecule has 0 aromatic heterocycles. The minimum atomic E-state index is -0.862. The number of hydrogen-bond acceptors (Lipinski definition) is 2. The van der Waals surface area contributed by atoms with Gasteiger partial charge in [0.1, 0.15) is 0 Å². The van der Waals surface area contributed by atoms with Crippen molar-refractivity contribution in [1.29, 1.82) is 0 Å². The van der Waals surface area contributed by atoms with Crippen molar-refractivity contribution in [2.75, 3.05) is 13.3 Å². The van der Waals surface area contributed by atoms with Crippen LogP contribution in [0, 0.1) is 0 Å². The van der Waals surface area contributed by atoms with Gasteiger partial charge in [0.05, 0.1) is 0 Å². The molecule has 12 heavy (non-hydrogen) atoms. The van der Waals surface area contributed by atoms with E-state index in [9.17, 15) is 4.21 Å². The first-order valence-electron chi connectivity index (χ1n) is 3.81. The summed E-state index contributed by atoms with van der Waals surface area (Å²) in [6.07, 6.45) is 1.69. The molecule has 0 heterocycles. The minimum Gasteiger partial charge on any atom is -0.316 e. The summed E-state index contributed by atoms with van der Waals surface area (Å²) in [6.45, 7) is 0.858. The molecule has 0 bridgehead atoms. The van der Waals surface area contributed by atoms with Crippen molar-refractivity contribution < 1.29 is 4.21 Å². The lowest BCUT2D eigenvalue weighted by Gasteiger charge is -2.00. The average Bonchev–Trinajstić information content (AvgIpc) is 2.06. The molecule has 0 saturated heterocycles.